The summed E-state index contributed by atoms with van der Waals surface area (Å²) in [5.41, 5.74) is 0. The van der Waals surface area contributed by atoms with Crippen LogP contribution in [0.2, 0.25) is 19.0 Å². The highest BCUT2D eigenvalue weighted by atomic mass is 31.0. The lowest BCUT2D eigenvalue weighted by atomic mass is 10.2. The molecule has 0 saturated carbocycles. The van der Waals surface area contributed by atoms with Crippen molar-refractivity contribution in [3.05, 3.63) is 0 Å². The molecular formula is C3H12BPSi. The Bertz CT molecular complexity index is 32.0. The van der Waals surface area contributed by atoms with Crippen molar-refractivity contribution >= 4 is 24.9 Å². The Morgan fingerprint density at radius 1 is 1.67 bits per heavy atom. The van der Waals surface area contributed by atoms with Crippen molar-refractivity contribution in [2.24, 2.45) is 0 Å². The molecule has 0 spiro atoms. The number of hydrogen-bond donors (Lipinski definition) is 0. The molecule has 0 aromatic rings. The van der Waals surface area contributed by atoms with E-state index in [2.05, 4.69) is 22.2 Å². The van der Waals surface area contributed by atoms with Crippen molar-refractivity contribution < 1.29 is 0 Å². The minimum Gasteiger partial charge on any atom is -0.175 e. The molecule has 0 radical (unpaired) electrons. The van der Waals surface area contributed by atoms with E-state index >= 15 is 0 Å². The summed E-state index contributed by atoms with van der Waals surface area (Å²) in [7, 11) is 2.57. The molecule has 0 N–H and O–H groups in total. The van der Waals surface area contributed by atoms with Gasteiger partial charge < -0.3 is 0 Å². The first-order valence-electron chi connectivity index (χ1n) is 2.47. The van der Waals surface area contributed by atoms with Crippen molar-refractivity contribution in [3.63, 3.8) is 0 Å². The van der Waals surface area contributed by atoms with Gasteiger partial charge in [0.15, 0.2) is 0 Å². The molecule has 0 bridgehead atoms. The minimum atomic E-state index is -0.191. The van der Waals surface area contributed by atoms with E-state index in [4.69, 9.17) is 0 Å². The lowest BCUT2D eigenvalue weighted by Gasteiger charge is -1.92. The lowest BCUT2D eigenvalue weighted by Crippen LogP contribution is -1.99. The fourth-order valence-corrected chi connectivity index (χ4v) is 3.00. The van der Waals surface area contributed by atoms with Gasteiger partial charge in [-0.1, -0.05) is 19.0 Å². The quantitative estimate of drug-likeness (QED) is 0.369. The van der Waals surface area contributed by atoms with Crippen LogP contribution in [0.5, 0.6) is 0 Å². The highest BCUT2D eigenvalue weighted by molar-refractivity contribution is 7.56. The van der Waals surface area contributed by atoms with Crippen molar-refractivity contribution in [1.29, 1.82) is 0 Å². The molecule has 0 rings (SSSR count). The smallest absolute Gasteiger partial charge is 0.141 e. The number of rotatable bonds is 2. The second-order valence-electron chi connectivity index (χ2n) is 1.97. The average molecular weight is 118 g/mol. The molecule has 36 valence electrons. The van der Waals surface area contributed by atoms with Crippen LogP contribution < -0.4 is 0 Å². The normalized spacial score (nSPS) is 9.33. The van der Waals surface area contributed by atoms with Gasteiger partial charge in [-0.25, -0.2) is 0 Å². The third-order valence-electron chi connectivity index (χ3n) is 0.744. The van der Waals surface area contributed by atoms with Gasteiger partial charge in [0.05, 0.1) is 0 Å². The van der Waals surface area contributed by atoms with Gasteiger partial charge >= 0.3 is 0 Å². The fourth-order valence-electron chi connectivity index (χ4n) is 0.333. The maximum Gasteiger partial charge on any atom is 0.141 e. The largest absolute Gasteiger partial charge is 0.175 e. The fraction of sp³-hybridized carbons (Fsp3) is 1.00. The van der Waals surface area contributed by atoms with Crippen LogP contribution in [0, 0.1) is 0 Å². The summed E-state index contributed by atoms with van der Waals surface area (Å²) in [6.45, 7) is 6.07. The van der Waals surface area contributed by atoms with Crippen LogP contribution in [0.3, 0.4) is 0 Å². The molecule has 0 fully saturated rings. The van der Waals surface area contributed by atoms with Crippen LogP contribution in [0.25, 0.3) is 0 Å². The third kappa shape index (κ3) is 4.71. The molecule has 1 atom stereocenters. The van der Waals surface area contributed by atoms with E-state index in [-0.39, 0.29) is 8.80 Å². The van der Waals surface area contributed by atoms with Gasteiger partial charge in [0.25, 0.3) is 0 Å². The lowest BCUT2D eigenvalue weighted by molar-refractivity contribution is 1.82. The Labute approximate surface area is 44.7 Å². The Hall–Kier alpha value is 0.712. The number of hydrogen-bond acceptors (Lipinski definition) is 0. The van der Waals surface area contributed by atoms with Gasteiger partial charge in [-0.3, -0.25) is 0 Å². The van der Waals surface area contributed by atoms with E-state index in [9.17, 15) is 0 Å². The molecule has 0 aliphatic heterocycles. The van der Waals surface area contributed by atoms with E-state index in [1.165, 1.54) is 12.9 Å². The van der Waals surface area contributed by atoms with E-state index in [1.54, 1.807) is 0 Å². The first-order valence-corrected chi connectivity index (χ1v) is 6.41. The summed E-state index contributed by atoms with van der Waals surface area (Å²) in [5.74, 6) is 1.48. The topological polar surface area (TPSA) is 0 Å². The molecule has 0 aliphatic carbocycles. The maximum atomic E-state index is 2.76. The molecule has 0 nitrogen and oxygen atoms in total. The van der Waals surface area contributed by atoms with Gasteiger partial charge in [-0.2, -0.15) is 9.12 Å². The van der Waals surface area contributed by atoms with Crippen LogP contribution in [-0.2, 0) is 0 Å². The molecule has 0 saturated heterocycles. The zero-order chi connectivity index (χ0) is 4.99. The summed E-state index contributed by atoms with van der Waals surface area (Å²) >= 11 is 0. The maximum absolute atomic E-state index is 2.76. The van der Waals surface area contributed by atoms with Crippen LogP contribution in [0.15, 0.2) is 0 Å². The van der Waals surface area contributed by atoms with Crippen molar-refractivity contribution in [2.75, 3.05) is 0 Å². The van der Waals surface area contributed by atoms with Gasteiger partial charge in [0.1, 0.15) is 7.00 Å². The monoisotopic (exact) mass is 118 g/mol. The first-order chi connectivity index (χ1) is 2.77. The molecule has 1 unspecified atom stereocenters. The van der Waals surface area contributed by atoms with E-state index in [0.717, 1.165) is 0 Å². The summed E-state index contributed by atoms with van der Waals surface area (Å²) in [6, 6.07) is 0. The van der Waals surface area contributed by atoms with Crippen molar-refractivity contribution in [1.82, 2.24) is 0 Å². The summed E-state index contributed by atoms with van der Waals surface area (Å²) in [5, 5.41) is 0. The van der Waals surface area contributed by atoms with E-state index in [0.29, 0.717) is 0 Å². The Morgan fingerprint density at radius 3 is 2.17 bits per heavy atom. The summed E-state index contributed by atoms with van der Waals surface area (Å²) in [6.07, 6.45) is 0. The van der Waals surface area contributed by atoms with Crippen LogP contribution in [-0.4, -0.2) is 15.8 Å². The van der Waals surface area contributed by atoms with Gasteiger partial charge in [0.2, 0.25) is 0 Å². The van der Waals surface area contributed by atoms with Gasteiger partial charge in [-0.05, 0) is 0 Å². The highest BCUT2D eigenvalue weighted by Gasteiger charge is 1.89. The third-order valence-corrected chi connectivity index (χ3v) is 3.23. The van der Waals surface area contributed by atoms with Gasteiger partial charge in [0, 0.05) is 8.80 Å². The Balaban J connectivity index is 2.63. The zero-order valence-corrected chi connectivity index (χ0v) is 6.88. The zero-order valence-electron chi connectivity index (χ0n) is 4.57. The van der Waals surface area contributed by atoms with Crippen LogP contribution in [0.1, 0.15) is 0 Å². The molecule has 3 heteroatoms. The Morgan fingerprint density at radius 2 is 2.17 bits per heavy atom. The molecule has 0 aromatic carbocycles. The Kier molecular flexibility index (Phi) is 4.35. The second kappa shape index (κ2) is 3.89. The van der Waals surface area contributed by atoms with E-state index in [1.807, 2.05) is 0 Å². The average Bonchev–Trinajstić information content (AvgIpc) is 1.35. The van der Waals surface area contributed by atoms with Crippen molar-refractivity contribution in [2.45, 2.75) is 19.0 Å². The highest BCUT2D eigenvalue weighted by Crippen LogP contribution is 1.90. The summed E-state index contributed by atoms with van der Waals surface area (Å²) in [4.78, 5) is 0. The predicted octanol–water partition coefficient (Wildman–Crippen LogP) is 0.657. The molecule has 0 amide bonds. The predicted molar refractivity (Wildman–Crippen MR) is 40.5 cm³/mol. The minimum absolute atomic E-state index is 0.191. The second-order valence-corrected chi connectivity index (χ2v) is 5.91. The molecule has 0 heterocycles. The van der Waals surface area contributed by atoms with Crippen LogP contribution >= 0.6 is 9.12 Å². The van der Waals surface area contributed by atoms with Crippen molar-refractivity contribution in [3.8, 4) is 0 Å². The molecule has 6 heavy (non-hydrogen) atoms. The van der Waals surface area contributed by atoms with Crippen LogP contribution in [0.4, 0.5) is 0 Å². The molecule has 0 aliphatic rings. The first kappa shape index (κ1) is 6.71. The standard InChI is InChI=1S/C3H12BPSi/c1-6(2)3-4-5/h4,6H,3,5H2,1-2H3. The van der Waals surface area contributed by atoms with E-state index < -0.39 is 0 Å². The molecule has 0 aromatic heterocycles. The SMILES string of the molecule is C[SiH](C)CBP. The summed E-state index contributed by atoms with van der Waals surface area (Å²) < 4.78 is 0. The molecular weight excluding hydrogens is 106 g/mol. The van der Waals surface area contributed by atoms with Gasteiger partial charge in [-0.15, -0.1) is 0 Å².